The first-order valence-electron chi connectivity index (χ1n) is 11.8. The van der Waals surface area contributed by atoms with Crippen LogP contribution < -0.4 is 4.57 Å². The average molecular weight is 421 g/mol. The van der Waals surface area contributed by atoms with Gasteiger partial charge in [-0.05, 0) is 55.4 Å². The molecule has 0 saturated heterocycles. The van der Waals surface area contributed by atoms with Crippen LogP contribution in [0.4, 0.5) is 0 Å². The molecule has 2 aliphatic rings. The SMILES string of the molecule is Cc1ccc2c(oc3c(C4=CC(C)(C)C5=C4CCCC5)cccc32)c1-c1cccc[n+]1C. The predicted octanol–water partition coefficient (Wildman–Crippen LogP) is 7.68. The largest absolute Gasteiger partial charge is 0.454 e. The fraction of sp³-hybridized carbons (Fsp3) is 0.300. The third kappa shape index (κ3) is 2.75. The highest BCUT2D eigenvalue weighted by Crippen LogP contribution is 2.52. The van der Waals surface area contributed by atoms with Gasteiger partial charge in [0.15, 0.2) is 6.20 Å². The summed E-state index contributed by atoms with van der Waals surface area (Å²) in [7, 11) is 2.10. The van der Waals surface area contributed by atoms with Crippen LogP contribution in [0, 0.1) is 12.3 Å². The maximum atomic E-state index is 6.79. The van der Waals surface area contributed by atoms with Crippen molar-refractivity contribution in [1.29, 1.82) is 0 Å². The molecule has 0 radical (unpaired) electrons. The summed E-state index contributed by atoms with van der Waals surface area (Å²) in [6, 6.07) is 17.5. The first-order chi connectivity index (χ1) is 15.5. The predicted molar refractivity (Wildman–Crippen MR) is 132 cm³/mol. The first-order valence-corrected chi connectivity index (χ1v) is 11.8. The highest BCUT2D eigenvalue weighted by Gasteiger charge is 2.35. The van der Waals surface area contributed by atoms with E-state index < -0.39 is 0 Å². The Hall–Kier alpha value is -3.13. The lowest BCUT2D eigenvalue weighted by Crippen LogP contribution is -2.30. The number of aryl methyl sites for hydroxylation is 2. The molecule has 0 N–H and O–H groups in total. The Bertz CT molecular complexity index is 1460. The fourth-order valence-corrected chi connectivity index (χ4v) is 5.96. The Balaban J connectivity index is 1.65. The monoisotopic (exact) mass is 420 g/mol. The third-order valence-electron chi connectivity index (χ3n) is 7.55. The fourth-order valence-electron chi connectivity index (χ4n) is 5.96. The second-order valence-electron chi connectivity index (χ2n) is 10.1. The van der Waals surface area contributed by atoms with Crippen molar-refractivity contribution in [3.05, 3.63) is 83.1 Å². The van der Waals surface area contributed by atoms with Crippen LogP contribution in [-0.2, 0) is 7.05 Å². The van der Waals surface area contributed by atoms with Crippen LogP contribution in [0.15, 0.2) is 76.4 Å². The number of furan rings is 1. The van der Waals surface area contributed by atoms with Crippen molar-refractivity contribution in [2.24, 2.45) is 12.5 Å². The molecule has 0 amide bonds. The number of aromatic nitrogens is 1. The van der Waals surface area contributed by atoms with Crippen molar-refractivity contribution in [3.63, 3.8) is 0 Å². The van der Waals surface area contributed by atoms with Gasteiger partial charge in [0.1, 0.15) is 18.2 Å². The number of para-hydroxylation sites is 1. The summed E-state index contributed by atoms with van der Waals surface area (Å²) in [5, 5.41) is 2.41. The topological polar surface area (TPSA) is 17.0 Å². The van der Waals surface area contributed by atoms with E-state index >= 15 is 0 Å². The van der Waals surface area contributed by atoms with Gasteiger partial charge in [-0.25, -0.2) is 4.57 Å². The molecule has 2 aromatic heterocycles. The summed E-state index contributed by atoms with van der Waals surface area (Å²) in [6.07, 6.45) is 9.61. The molecule has 2 aliphatic carbocycles. The summed E-state index contributed by atoms with van der Waals surface area (Å²) in [5.74, 6) is 0. The van der Waals surface area contributed by atoms with Crippen LogP contribution in [0.2, 0.25) is 0 Å². The number of pyridine rings is 1. The zero-order valence-corrected chi connectivity index (χ0v) is 19.5. The Morgan fingerprint density at radius 1 is 0.875 bits per heavy atom. The van der Waals surface area contributed by atoms with Crippen molar-refractivity contribution >= 4 is 27.5 Å². The molecular weight excluding hydrogens is 390 g/mol. The van der Waals surface area contributed by atoms with Gasteiger partial charge in [0, 0.05) is 33.9 Å². The molecule has 160 valence electrons. The molecule has 6 rings (SSSR count). The molecule has 4 aromatic rings. The second kappa shape index (κ2) is 6.93. The highest BCUT2D eigenvalue weighted by atomic mass is 16.3. The van der Waals surface area contributed by atoms with E-state index in [1.807, 2.05) is 0 Å². The molecule has 0 fully saturated rings. The van der Waals surface area contributed by atoms with E-state index in [0.29, 0.717) is 0 Å². The van der Waals surface area contributed by atoms with Gasteiger partial charge in [-0.1, -0.05) is 55.8 Å². The molecule has 0 bridgehead atoms. The minimum atomic E-state index is 0.138. The summed E-state index contributed by atoms with van der Waals surface area (Å²) in [4.78, 5) is 0. The van der Waals surface area contributed by atoms with Gasteiger partial charge in [-0.15, -0.1) is 0 Å². The van der Waals surface area contributed by atoms with Gasteiger partial charge >= 0.3 is 0 Å². The number of fused-ring (bicyclic) bond motifs is 3. The number of allylic oxidation sites excluding steroid dienone is 4. The highest BCUT2D eigenvalue weighted by molar-refractivity contribution is 6.13. The number of benzene rings is 2. The van der Waals surface area contributed by atoms with Crippen LogP contribution in [0.3, 0.4) is 0 Å². The van der Waals surface area contributed by atoms with Crippen LogP contribution in [0.5, 0.6) is 0 Å². The number of rotatable bonds is 2. The van der Waals surface area contributed by atoms with Gasteiger partial charge in [-0.3, -0.25) is 0 Å². The van der Waals surface area contributed by atoms with E-state index in [1.165, 1.54) is 64.4 Å². The van der Waals surface area contributed by atoms with Crippen LogP contribution >= 0.6 is 0 Å². The second-order valence-corrected chi connectivity index (χ2v) is 10.1. The molecular formula is C30H30NO+. The quantitative estimate of drug-likeness (QED) is 0.304. The maximum absolute atomic E-state index is 6.79. The lowest BCUT2D eigenvalue weighted by molar-refractivity contribution is -0.660. The Labute approximate surface area is 189 Å². The van der Waals surface area contributed by atoms with E-state index in [0.717, 1.165) is 11.2 Å². The number of hydrogen-bond donors (Lipinski definition) is 0. The van der Waals surface area contributed by atoms with E-state index in [-0.39, 0.29) is 5.41 Å². The lowest BCUT2D eigenvalue weighted by atomic mass is 9.80. The summed E-state index contributed by atoms with van der Waals surface area (Å²) in [5.41, 5.74) is 11.6. The molecule has 2 heteroatoms. The molecule has 2 aromatic carbocycles. The third-order valence-corrected chi connectivity index (χ3v) is 7.55. The van der Waals surface area contributed by atoms with E-state index in [4.69, 9.17) is 4.42 Å². The molecule has 32 heavy (non-hydrogen) atoms. The number of nitrogens with zero attached hydrogens (tertiary/aromatic N) is 1. The van der Waals surface area contributed by atoms with Crippen molar-refractivity contribution in [3.8, 4) is 11.3 Å². The standard InChI is InChI=1S/C30H30NO/c1-19-15-16-23-21-11-9-12-22(24-18-30(2,3)25-13-6-5-10-20(24)25)28(21)32-29(23)27(19)26-14-7-8-17-31(26)4/h7-9,11-12,14-18H,5-6,10,13H2,1-4H3/q+1. The van der Waals surface area contributed by atoms with Gasteiger partial charge in [0.05, 0.1) is 5.56 Å². The average Bonchev–Trinajstić information content (AvgIpc) is 3.29. The Morgan fingerprint density at radius 3 is 2.53 bits per heavy atom. The van der Waals surface area contributed by atoms with E-state index in [2.05, 4.69) is 93.2 Å². The molecule has 0 saturated carbocycles. The molecule has 2 heterocycles. The molecule has 0 spiro atoms. The van der Waals surface area contributed by atoms with Crippen molar-refractivity contribution < 1.29 is 8.98 Å². The van der Waals surface area contributed by atoms with E-state index in [1.54, 1.807) is 11.1 Å². The van der Waals surface area contributed by atoms with Crippen LogP contribution in [0.25, 0.3) is 38.8 Å². The van der Waals surface area contributed by atoms with Crippen LogP contribution in [0.1, 0.15) is 50.7 Å². The van der Waals surface area contributed by atoms with Gasteiger partial charge in [0.2, 0.25) is 5.69 Å². The Morgan fingerprint density at radius 2 is 1.69 bits per heavy atom. The van der Waals surface area contributed by atoms with Gasteiger partial charge < -0.3 is 4.42 Å². The molecule has 0 atom stereocenters. The van der Waals surface area contributed by atoms with Crippen molar-refractivity contribution in [1.82, 2.24) is 0 Å². The minimum Gasteiger partial charge on any atom is -0.454 e. The summed E-state index contributed by atoms with van der Waals surface area (Å²) in [6.45, 7) is 6.92. The molecule has 2 nitrogen and oxygen atoms in total. The summed E-state index contributed by atoms with van der Waals surface area (Å²) < 4.78 is 8.97. The number of hydrogen-bond acceptors (Lipinski definition) is 1. The molecule has 0 aliphatic heterocycles. The Kier molecular flexibility index (Phi) is 4.24. The van der Waals surface area contributed by atoms with E-state index in [9.17, 15) is 0 Å². The minimum absolute atomic E-state index is 0.138. The zero-order valence-electron chi connectivity index (χ0n) is 19.5. The van der Waals surface area contributed by atoms with Gasteiger partial charge in [-0.2, -0.15) is 0 Å². The zero-order chi connectivity index (χ0) is 22.0. The maximum Gasteiger partial charge on any atom is 0.216 e. The smallest absolute Gasteiger partial charge is 0.216 e. The van der Waals surface area contributed by atoms with Crippen molar-refractivity contribution in [2.45, 2.75) is 46.5 Å². The lowest BCUT2D eigenvalue weighted by Gasteiger charge is -2.25. The summed E-state index contributed by atoms with van der Waals surface area (Å²) >= 11 is 0. The van der Waals surface area contributed by atoms with Crippen molar-refractivity contribution in [2.75, 3.05) is 0 Å². The van der Waals surface area contributed by atoms with Gasteiger partial charge in [0.25, 0.3) is 0 Å². The molecule has 0 unspecified atom stereocenters. The normalized spacial score (nSPS) is 17.8. The first kappa shape index (κ1) is 19.5. The van der Waals surface area contributed by atoms with Crippen LogP contribution in [-0.4, -0.2) is 0 Å².